The molecule has 0 aromatic heterocycles. The van der Waals surface area contributed by atoms with Gasteiger partial charge in [0.1, 0.15) is 12.1 Å². The van der Waals surface area contributed by atoms with Crippen LogP contribution in [0.4, 0.5) is 4.39 Å². The third-order valence-corrected chi connectivity index (χ3v) is 4.96. The minimum atomic E-state index is -0.805. The third-order valence-electron chi connectivity index (χ3n) is 4.96. The van der Waals surface area contributed by atoms with E-state index < -0.39 is 23.9 Å². The number of esters is 1. The second-order valence-electron chi connectivity index (χ2n) is 6.88. The molecule has 156 valence electrons. The molecule has 0 aliphatic carbocycles. The van der Waals surface area contributed by atoms with Crippen LogP contribution in [0.1, 0.15) is 12.0 Å². The summed E-state index contributed by atoms with van der Waals surface area (Å²) in [5.41, 5.74) is 0.751. The largest absolute Gasteiger partial charge is 0.485 e. The number of hydrogen-bond acceptors (Lipinski definition) is 6. The molecule has 4 rings (SSSR count). The maximum absolute atomic E-state index is 13.9. The van der Waals surface area contributed by atoms with Crippen molar-refractivity contribution >= 4 is 18.0 Å². The summed E-state index contributed by atoms with van der Waals surface area (Å²) in [6.45, 7) is 0.303. The molecule has 0 bridgehead atoms. The molecule has 0 saturated carbocycles. The fourth-order valence-electron chi connectivity index (χ4n) is 3.49. The SMILES string of the molecule is COC(=O)C1CC(Oc2ccccc2F)CN1C(=O)/C=C/c1ccc2c(c1)OCO2. The smallest absolute Gasteiger partial charge is 0.328 e. The molecule has 8 heteroatoms. The van der Waals surface area contributed by atoms with Crippen LogP contribution >= 0.6 is 0 Å². The minimum absolute atomic E-state index is 0.0799. The maximum atomic E-state index is 13.9. The van der Waals surface area contributed by atoms with Crippen molar-refractivity contribution in [2.24, 2.45) is 0 Å². The maximum Gasteiger partial charge on any atom is 0.328 e. The van der Waals surface area contributed by atoms with Gasteiger partial charge in [0, 0.05) is 12.5 Å². The zero-order valence-corrected chi connectivity index (χ0v) is 16.2. The minimum Gasteiger partial charge on any atom is -0.485 e. The predicted molar refractivity (Wildman–Crippen MR) is 105 cm³/mol. The summed E-state index contributed by atoms with van der Waals surface area (Å²) >= 11 is 0. The second kappa shape index (κ2) is 8.44. The number of hydrogen-bond donors (Lipinski definition) is 0. The molecule has 2 heterocycles. The van der Waals surface area contributed by atoms with Crippen molar-refractivity contribution in [2.45, 2.75) is 18.6 Å². The number of nitrogens with zero attached hydrogens (tertiary/aromatic N) is 1. The molecule has 1 fully saturated rings. The average Bonchev–Trinajstić information content (AvgIpc) is 3.39. The highest BCUT2D eigenvalue weighted by molar-refractivity contribution is 5.95. The van der Waals surface area contributed by atoms with Crippen LogP contribution in [0.15, 0.2) is 48.5 Å². The zero-order chi connectivity index (χ0) is 21.1. The summed E-state index contributed by atoms with van der Waals surface area (Å²) in [5, 5.41) is 0. The van der Waals surface area contributed by atoms with Crippen LogP contribution in [0.5, 0.6) is 17.2 Å². The van der Waals surface area contributed by atoms with Gasteiger partial charge in [-0.1, -0.05) is 18.2 Å². The molecule has 2 unspecified atom stereocenters. The Balaban J connectivity index is 1.48. The summed E-state index contributed by atoms with van der Waals surface area (Å²) in [5.74, 6) is -0.0773. The van der Waals surface area contributed by atoms with Crippen molar-refractivity contribution in [3.8, 4) is 17.2 Å². The lowest BCUT2D eigenvalue weighted by molar-refractivity contribution is -0.149. The number of rotatable bonds is 5. The van der Waals surface area contributed by atoms with Gasteiger partial charge in [-0.2, -0.15) is 0 Å². The molecule has 30 heavy (non-hydrogen) atoms. The first-order chi connectivity index (χ1) is 14.5. The first-order valence-corrected chi connectivity index (χ1v) is 9.42. The van der Waals surface area contributed by atoms with Crippen molar-refractivity contribution < 1.29 is 32.9 Å². The normalized spacial score (nSPS) is 19.9. The van der Waals surface area contributed by atoms with Crippen molar-refractivity contribution in [2.75, 3.05) is 20.4 Å². The number of carbonyl (C=O) groups is 2. The molecular formula is C22H20FNO6. The molecule has 1 amide bonds. The number of ether oxygens (including phenoxy) is 4. The van der Waals surface area contributed by atoms with Crippen LogP contribution in [0, 0.1) is 5.82 Å². The Bertz CT molecular complexity index is 991. The van der Waals surface area contributed by atoms with Crippen molar-refractivity contribution in [1.29, 1.82) is 0 Å². The Hall–Kier alpha value is -3.55. The number of likely N-dealkylation sites (tertiary alicyclic amines) is 1. The molecule has 0 N–H and O–H groups in total. The molecule has 1 saturated heterocycles. The highest BCUT2D eigenvalue weighted by atomic mass is 19.1. The standard InChI is InChI=1S/C22H20FNO6/c1-27-22(26)17-11-15(30-18-5-3-2-4-16(18)23)12-24(17)21(25)9-7-14-6-8-19-20(10-14)29-13-28-19/h2-10,15,17H,11-13H2,1H3/b9-7+. The summed E-state index contributed by atoms with van der Waals surface area (Å²) in [7, 11) is 1.26. The van der Waals surface area contributed by atoms with E-state index in [1.165, 1.54) is 30.2 Å². The van der Waals surface area contributed by atoms with Crippen LogP contribution in [0.2, 0.25) is 0 Å². The van der Waals surface area contributed by atoms with Gasteiger partial charge >= 0.3 is 5.97 Å². The molecule has 2 aliphatic rings. The van der Waals surface area contributed by atoms with Crippen molar-refractivity contribution in [3.05, 3.63) is 59.9 Å². The Morgan fingerprint density at radius 1 is 1.17 bits per heavy atom. The van der Waals surface area contributed by atoms with Gasteiger partial charge < -0.3 is 23.8 Å². The molecule has 2 aliphatic heterocycles. The average molecular weight is 413 g/mol. The van der Waals surface area contributed by atoms with E-state index >= 15 is 0 Å². The molecule has 7 nitrogen and oxygen atoms in total. The Morgan fingerprint density at radius 2 is 1.97 bits per heavy atom. The molecule has 0 radical (unpaired) electrons. The zero-order valence-electron chi connectivity index (χ0n) is 16.2. The summed E-state index contributed by atoms with van der Waals surface area (Å²) in [6.07, 6.45) is 2.68. The van der Waals surface area contributed by atoms with E-state index in [1.807, 2.05) is 0 Å². The van der Waals surface area contributed by atoms with E-state index in [-0.39, 0.29) is 31.4 Å². The van der Waals surface area contributed by atoms with Gasteiger partial charge in [0.15, 0.2) is 23.1 Å². The summed E-state index contributed by atoms with van der Waals surface area (Å²) < 4.78 is 35.0. The van der Waals surface area contributed by atoms with Crippen LogP contribution in [0.25, 0.3) is 6.08 Å². The van der Waals surface area contributed by atoms with E-state index in [1.54, 1.807) is 36.4 Å². The molecule has 0 spiro atoms. The number of methoxy groups -OCH3 is 1. The van der Waals surface area contributed by atoms with Crippen LogP contribution in [0.3, 0.4) is 0 Å². The monoisotopic (exact) mass is 413 g/mol. The fourth-order valence-corrected chi connectivity index (χ4v) is 3.49. The van der Waals surface area contributed by atoms with E-state index in [9.17, 15) is 14.0 Å². The molecule has 2 aromatic rings. The van der Waals surface area contributed by atoms with Crippen LogP contribution in [-0.4, -0.2) is 49.4 Å². The van der Waals surface area contributed by atoms with Crippen molar-refractivity contribution in [3.63, 3.8) is 0 Å². The summed E-state index contributed by atoms with van der Waals surface area (Å²) in [4.78, 5) is 26.4. The Labute approximate surface area is 172 Å². The van der Waals surface area contributed by atoms with Gasteiger partial charge in [-0.3, -0.25) is 4.79 Å². The summed E-state index contributed by atoms with van der Waals surface area (Å²) in [6, 6.07) is 10.5. The molecule has 2 aromatic carbocycles. The number of amides is 1. The van der Waals surface area contributed by atoms with E-state index in [2.05, 4.69) is 0 Å². The van der Waals surface area contributed by atoms with Gasteiger partial charge in [0.05, 0.1) is 13.7 Å². The van der Waals surface area contributed by atoms with Gasteiger partial charge in [-0.15, -0.1) is 0 Å². The Kier molecular flexibility index (Phi) is 5.56. The lowest BCUT2D eigenvalue weighted by atomic mass is 10.1. The number of halogens is 1. The number of para-hydroxylation sites is 1. The topological polar surface area (TPSA) is 74.3 Å². The third kappa shape index (κ3) is 4.07. The fraction of sp³-hybridized carbons (Fsp3) is 0.273. The first-order valence-electron chi connectivity index (χ1n) is 9.42. The Morgan fingerprint density at radius 3 is 2.77 bits per heavy atom. The number of carbonyl (C=O) groups excluding carboxylic acids is 2. The predicted octanol–water partition coefficient (Wildman–Crippen LogP) is 2.79. The van der Waals surface area contributed by atoms with Gasteiger partial charge in [0.2, 0.25) is 12.7 Å². The molecule has 2 atom stereocenters. The van der Waals surface area contributed by atoms with Crippen molar-refractivity contribution in [1.82, 2.24) is 4.90 Å². The number of benzene rings is 2. The lowest BCUT2D eigenvalue weighted by Gasteiger charge is -2.20. The second-order valence-corrected chi connectivity index (χ2v) is 6.88. The lowest BCUT2D eigenvalue weighted by Crippen LogP contribution is -2.40. The van der Waals surface area contributed by atoms with Gasteiger partial charge in [-0.05, 0) is 35.9 Å². The highest BCUT2D eigenvalue weighted by Crippen LogP contribution is 2.33. The van der Waals surface area contributed by atoms with Crippen LogP contribution in [-0.2, 0) is 14.3 Å². The van der Waals surface area contributed by atoms with E-state index in [0.717, 1.165) is 5.56 Å². The number of fused-ring (bicyclic) bond motifs is 1. The quantitative estimate of drug-likeness (QED) is 0.554. The van der Waals surface area contributed by atoms with Gasteiger partial charge in [-0.25, -0.2) is 9.18 Å². The van der Waals surface area contributed by atoms with E-state index in [4.69, 9.17) is 18.9 Å². The first kappa shape index (κ1) is 19.8. The van der Waals surface area contributed by atoms with Crippen LogP contribution < -0.4 is 14.2 Å². The van der Waals surface area contributed by atoms with E-state index in [0.29, 0.717) is 11.5 Å². The highest BCUT2D eigenvalue weighted by Gasteiger charge is 2.41. The van der Waals surface area contributed by atoms with Gasteiger partial charge in [0.25, 0.3) is 0 Å². The molecular weight excluding hydrogens is 393 g/mol.